The van der Waals surface area contributed by atoms with Crippen molar-refractivity contribution in [2.45, 2.75) is 23.8 Å². The van der Waals surface area contributed by atoms with Gasteiger partial charge in [-0.3, -0.25) is 0 Å². The molecule has 3 heterocycles. The molecule has 0 spiro atoms. The summed E-state index contributed by atoms with van der Waals surface area (Å²) >= 11 is 0. The van der Waals surface area contributed by atoms with E-state index in [0.717, 1.165) is 24.6 Å². The molecule has 122 valence electrons. The van der Waals surface area contributed by atoms with Crippen molar-refractivity contribution in [1.82, 2.24) is 24.9 Å². The Morgan fingerprint density at radius 1 is 1.26 bits per heavy atom. The van der Waals surface area contributed by atoms with E-state index in [4.69, 9.17) is 0 Å². The average Bonchev–Trinajstić information content (AvgIpc) is 3.19. The molecule has 2 aliphatic rings. The Morgan fingerprint density at radius 2 is 2.09 bits per heavy atom. The Bertz CT molecular complexity index is 764. The van der Waals surface area contributed by atoms with Crippen molar-refractivity contribution in [3.63, 3.8) is 0 Å². The third kappa shape index (κ3) is 3.06. The smallest absolute Gasteiger partial charge is 0.257 e. The lowest BCUT2D eigenvalue weighted by atomic mass is 10.0. The number of anilines is 1. The van der Waals surface area contributed by atoms with Crippen molar-refractivity contribution in [2.75, 3.05) is 24.5 Å². The first-order valence-electron chi connectivity index (χ1n) is 7.68. The zero-order valence-electron chi connectivity index (χ0n) is 12.5. The minimum atomic E-state index is -3.49. The number of H-pyrrole nitrogens is 1. The second-order valence-corrected chi connectivity index (χ2v) is 7.86. The molecule has 1 aliphatic carbocycles. The summed E-state index contributed by atoms with van der Waals surface area (Å²) in [5.41, 5.74) is 1.08. The van der Waals surface area contributed by atoms with Crippen LogP contribution in [-0.4, -0.2) is 48.2 Å². The lowest BCUT2D eigenvalue weighted by molar-refractivity contribution is 0.402. The normalized spacial score (nSPS) is 18.9. The lowest BCUT2D eigenvalue weighted by Gasteiger charge is -2.39. The minimum absolute atomic E-state index is 0.0928. The van der Waals surface area contributed by atoms with Crippen LogP contribution in [0.15, 0.2) is 29.7 Å². The summed E-state index contributed by atoms with van der Waals surface area (Å²) in [4.78, 5) is 8.44. The van der Waals surface area contributed by atoms with Crippen molar-refractivity contribution in [2.24, 2.45) is 5.92 Å². The molecule has 1 saturated heterocycles. The summed E-state index contributed by atoms with van der Waals surface area (Å²) in [6.45, 7) is 1.97. The second kappa shape index (κ2) is 5.57. The molecule has 23 heavy (non-hydrogen) atoms. The topological polar surface area (TPSA) is 104 Å². The highest BCUT2D eigenvalue weighted by molar-refractivity contribution is 7.89. The zero-order chi connectivity index (χ0) is 15.9. The van der Waals surface area contributed by atoms with E-state index in [2.05, 4.69) is 29.8 Å². The number of rotatable bonds is 6. The molecule has 2 N–H and O–H groups in total. The molecule has 2 fully saturated rings. The van der Waals surface area contributed by atoms with E-state index in [9.17, 15) is 8.42 Å². The molecule has 0 unspecified atom stereocenters. The van der Waals surface area contributed by atoms with Crippen molar-refractivity contribution < 1.29 is 8.42 Å². The van der Waals surface area contributed by atoms with Gasteiger partial charge >= 0.3 is 0 Å². The molecule has 2 aromatic rings. The van der Waals surface area contributed by atoms with Crippen LogP contribution < -0.4 is 9.62 Å². The highest BCUT2D eigenvalue weighted by Crippen LogP contribution is 2.38. The van der Waals surface area contributed by atoms with Gasteiger partial charge in [-0.1, -0.05) is 0 Å². The van der Waals surface area contributed by atoms with Crippen LogP contribution in [0.1, 0.15) is 24.5 Å². The molecule has 0 atom stereocenters. The van der Waals surface area contributed by atoms with Gasteiger partial charge in [0.1, 0.15) is 0 Å². The highest BCUT2D eigenvalue weighted by atomic mass is 32.2. The first-order valence-corrected chi connectivity index (χ1v) is 9.17. The number of hydrogen-bond donors (Lipinski definition) is 2. The maximum Gasteiger partial charge on any atom is 0.257 e. The second-order valence-electron chi connectivity index (χ2n) is 6.13. The van der Waals surface area contributed by atoms with Gasteiger partial charge < -0.3 is 9.88 Å². The number of sulfonamides is 1. The molecule has 9 heteroatoms. The van der Waals surface area contributed by atoms with E-state index in [1.54, 1.807) is 0 Å². The summed E-state index contributed by atoms with van der Waals surface area (Å²) < 4.78 is 26.6. The van der Waals surface area contributed by atoms with Crippen LogP contribution in [0.3, 0.4) is 0 Å². The van der Waals surface area contributed by atoms with Crippen LogP contribution in [0.5, 0.6) is 0 Å². The molecule has 4 rings (SSSR count). The Morgan fingerprint density at radius 3 is 2.70 bits per heavy atom. The molecule has 0 radical (unpaired) electrons. The number of nitrogens with one attached hydrogen (secondary N) is 2. The molecule has 0 bridgehead atoms. The van der Waals surface area contributed by atoms with Gasteiger partial charge in [-0.25, -0.2) is 18.1 Å². The van der Waals surface area contributed by atoms with Gasteiger partial charge in [-0.2, -0.15) is 5.10 Å². The SMILES string of the molecule is O=S(=O)(NCC1CN(c2ccc(C3CC3)nn2)C1)c1cnc[nH]1. The fourth-order valence-corrected chi connectivity index (χ4v) is 3.70. The van der Waals surface area contributed by atoms with Gasteiger partial charge in [0, 0.05) is 31.5 Å². The van der Waals surface area contributed by atoms with Crippen LogP contribution in [-0.2, 0) is 10.0 Å². The Hall–Kier alpha value is -2.00. The van der Waals surface area contributed by atoms with Gasteiger partial charge in [0.25, 0.3) is 10.0 Å². The average molecular weight is 334 g/mol. The minimum Gasteiger partial charge on any atom is -0.354 e. The predicted octanol–water partition coefficient (Wildman–Crippen LogP) is 0.492. The first kappa shape index (κ1) is 14.6. The molecule has 8 nitrogen and oxygen atoms in total. The van der Waals surface area contributed by atoms with Crippen LogP contribution in [0.4, 0.5) is 5.82 Å². The summed E-state index contributed by atoms with van der Waals surface area (Å²) in [6.07, 6.45) is 5.09. The fraction of sp³-hybridized carbons (Fsp3) is 0.500. The summed E-state index contributed by atoms with van der Waals surface area (Å²) in [7, 11) is -3.49. The molecule has 0 amide bonds. The maximum absolute atomic E-state index is 12.0. The largest absolute Gasteiger partial charge is 0.354 e. The van der Waals surface area contributed by atoms with Crippen molar-refractivity contribution in [3.05, 3.63) is 30.4 Å². The van der Waals surface area contributed by atoms with E-state index in [-0.39, 0.29) is 10.9 Å². The first-order chi connectivity index (χ1) is 11.1. The van der Waals surface area contributed by atoms with Gasteiger partial charge in [0.05, 0.1) is 18.2 Å². The van der Waals surface area contributed by atoms with Gasteiger partial charge in [-0.05, 0) is 25.0 Å². The third-order valence-corrected chi connectivity index (χ3v) is 5.62. The lowest BCUT2D eigenvalue weighted by Crippen LogP contribution is -2.51. The van der Waals surface area contributed by atoms with Gasteiger partial charge in [0.15, 0.2) is 10.8 Å². The van der Waals surface area contributed by atoms with E-state index in [0.29, 0.717) is 12.5 Å². The number of hydrogen-bond acceptors (Lipinski definition) is 6. The number of aromatic amines is 1. The Kier molecular flexibility index (Phi) is 3.53. The zero-order valence-corrected chi connectivity index (χ0v) is 13.3. The van der Waals surface area contributed by atoms with Gasteiger partial charge in [0.2, 0.25) is 0 Å². The number of aromatic nitrogens is 4. The van der Waals surface area contributed by atoms with Crippen LogP contribution in [0.2, 0.25) is 0 Å². The highest BCUT2D eigenvalue weighted by Gasteiger charge is 2.30. The van der Waals surface area contributed by atoms with E-state index in [1.165, 1.54) is 25.4 Å². The summed E-state index contributed by atoms with van der Waals surface area (Å²) in [5.74, 6) is 1.75. The summed E-state index contributed by atoms with van der Waals surface area (Å²) in [6, 6.07) is 4.06. The molecule has 1 aliphatic heterocycles. The van der Waals surface area contributed by atoms with Crippen LogP contribution in [0.25, 0.3) is 0 Å². The van der Waals surface area contributed by atoms with E-state index < -0.39 is 10.0 Å². The van der Waals surface area contributed by atoms with Crippen molar-refractivity contribution in [3.8, 4) is 0 Å². The molecule has 1 saturated carbocycles. The predicted molar refractivity (Wildman–Crippen MR) is 83.5 cm³/mol. The van der Waals surface area contributed by atoms with Crippen LogP contribution in [0, 0.1) is 5.92 Å². The number of nitrogens with zero attached hydrogens (tertiary/aromatic N) is 4. The van der Waals surface area contributed by atoms with E-state index in [1.807, 2.05) is 12.1 Å². The Labute approximate surface area is 134 Å². The molecular weight excluding hydrogens is 316 g/mol. The monoisotopic (exact) mass is 334 g/mol. The Balaban J connectivity index is 1.28. The summed E-state index contributed by atoms with van der Waals surface area (Å²) in [5, 5.41) is 8.64. The third-order valence-electron chi connectivity index (χ3n) is 4.27. The van der Waals surface area contributed by atoms with Crippen molar-refractivity contribution in [1.29, 1.82) is 0 Å². The van der Waals surface area contributed by atoms with E-state index >= 15 is 0 Å². The molecular formula is C14H18N6O2S. The standard InChI is InChI=1S/C14H18N6O2S/c21-23(22,14-6-15-9-16-14)17-5-10-7-20(8-10)13-4-3-12(18-19-13)11-1-2-11/h3-4,6,9-11,17H,1-2,5,7-8H2,(H,15,16). The number of imidazole rings is 1. The van der Waals surface area contributed by atoms with Crippen molar-refractivity contribution >= 4 is 15.8 Å². The molecule has 0 aromatic carbocycles. The quantitative estimate of drug-likeness (QED) is 0.797. The fourth-order valence-electron chi connectivity index (χ4n) is 2.68. The molecule has 2 aromatic heterocycles. The van der Waals surface area contributed by atoms with Crippen LogP contribution >= 0.6 is 0 Å². The van der Waals surface area contributed by atoms with Gasteiger partial charge in [-0.15, -0.1) is 5.10 Å². The maximum atomic E-state index is 12.0.